The minimum absolute atomic E-state index is 0.454. The number of nitrogens with two attached hydrogens (primary N) is 1. The van der Waals surface area contributed by atoms with Crippen molar-refractivity contribution in [2.24, 2.45) is 0 Å². The van der Waals surface area contributed by atoms with Crippen LogP contribution in [-0.4, -0.2) is 24.3 Å². The smallest absolute Gasteiger partial charge is 0.172 e. The number of anilines is 1. The molecule has 0 unspecified atom stereocenters. The zero-order chi connectivity index (χ0) is 14.4. The molecule has 3 aromatic heterocycles. The van der Waals surface area contributed by atoms with Gasteiger partial charge in [0.25, 0.3) is 0 Å². The number of nitrogens with one attached hydrogen (secondary N) is 1. The number of imidazole rings is 2. The third-order valence-electron chi connectivity index (χ3n) is 3.17. The van der Waals surface area contributed by atoms with E-state index < -0.39 is 0 Å². The van der Waals surface area contributed by atoms with Gasteiger partial charge in [-0.05, 0) is 36.4 Å². The van der Waals surface area contributed by atoms with Crippen LogP contribution in [0.3, 0.4) is 0 Å². The number of aromatic amines is 1. The molecule has 1 aromatic carbocycles. The first-order chi connectivity index (χ1) is 10.2. The topological polar surface area (TPSA) is 84.9 Å². The highest BCUT2D eigenvalue weighted by molar-refractivity contribution is 7.99. The van der Waals surface area contributed by atoms with Gasteiger partial charge in [-0.3, -0.25) is 0 Å². The van der Waals surface area contributed by atoms with Crippen molar-refractivity contribution in [3.63, 3.8) is 0 Å². The van der Waals surface area contributed by atoms with Crippen molar-refractivity contribution in [3.8, 4) is 0 Å². The predicted molar refractivity (Wildman–Crippen MR) is 82.4 cm³/mol. The molecule has 7 heteroatoms. The van der Waals surface area contributed by atoms with Crippen molar-refractivity contribution in [2.45, 2.75) is 17.1 Å². The average molecular weight is 296 g/mol. The zero-order valence-electron chi connectivity index (χ0n) is 11.2. The number of fused-ring (bicyclic) bond motifs is 2. The molecule has 3 heterocycles. The molecule has 3 N–H and O–H groups in total. The van der Waals surface area contributed by atoms with E-state index in [1.165, 1.54) is 17.3 Å². The van der Waals surface area contributed by atoms with Crippen LogP contribution in [0.1, 0.15) is 5.56 Å². The SMILES string of the molecule is Cc1ccc2nc(Sc3nc(N)cn4ccnc34)[nH]c2c1. The second-order valence-corrected chi connectivity index (χ2v) is 5.77. The molecular formula is C14H12N6S. The summed E-state index contributed by atoms with van der Waals surface area (Å²) in [4.78, 5) is 16.5. The molecule has 0 spiro atoms. The largest absolute Gasteiger partial charge is 0.382 e. The molecular weight excluding hydrogens is 284 g/mol. The van der Waals surface area contributed by atoms with Gasteiger partial charge in [0.2, 0.25) is 0 Å². The molecule has 0 radical (unpaired) electrons. The van der Waals surface area contributed by atoms with Crippen molar-refractivity contribution in [1.82, 2.24) is 24.3 Å². The van der Waals surface area contributed by atoms with E-state index in [1.807, 2.05) is 22.7 Å². The number of nitrogen functional groups attached to an aromatic ring is 1. The van der Waals surface area contributed by atoms with E-state index in [2.05, 4.69) is 32.9 Å². The predicted octanol–water partition coefficient (Wildman–Crippen LogP) is 2.65. The van der Waals surface area contributed by atoms with Crippen LogP contribution < -0.4 is 5.73 Å². The molecule has 0 saturated carbocycles. The van der Waals surface area contributed by atoms with E-state index >= 15 is 0 Å². The van der Waals surface area contributed by atoms with Gasteiger partial charge in [0, 0.05) is 12.4 Å². The highest BCUT2D eigenvalue weighted by Gasteiger charge is 2.11. The van der Waals surface area contributed by atoms with Gasteiger partial charge in [0.05, 0.1) is 17.2 Å². The van der Waals surface area contributed by atoms with Crippen molar-refractivity contribution >= 4 is 34.3 Å². The summed E-state index contributed by atoms with van der Waals surface area (Å²) in [5.41, 5.74) is 9.74. The number of benzene rings is 1. The van der Waals surface area contributed by atoms with Gasteiger partial charge in [-0.2, -0.15) is 0 Å². The summed E-state index contributed by atoms with van der Waals surface area (Å²) in [6.07, 6.45) is 5.32. The van der Waals surface area contributed by atoms with E-state index in [-0.39, 0.29) is 0 Å². The minimum Gasteiger partial charge on any atom is -0.382 e. The number of H-pyrrole nitrogens is 1. The first kappa shape index (κ1) is 12.2. The third kappa shape index (κ3) is 2.11. The normalized spacial score (nSPS) is 11.5. The molecule has 4 rings (SSSR count). The maximum atomic E-state index is 5.83. The molecule has 6 nitrogen and oxygen atoms in total. The Morgan fingerprint density at radius 2 is 2.19 bits per heavy atom. The number of rotatable bonds is 2. The Hall–Kier alpha value is -2.54. The van der Waals surface area contributed by atoms with E-state index in [0.29, 0.717) is 5.82 Å². The van der Waals surface area contributed by atoms with Crippen molar-refractivity contribution in [3.05, 3.63) is 42.4 Å². The summed E-state index contributed by atoms with van der Waals surface area (Å²) in [6, 6.07) is 6.12. The molecule has 0 bridgehead atoms. The number of nitrogens with zero attached hydrogens (tertiary/aromatic N) is 4. The van der Waals surface area contributed by atoms with E-state index in [0.717, 1.165) is 26.9 Å². The van der Waals surface area contributed by atoms with Crippen LogP contribution in [-0.2, 0) is 0 Å². The molecule has 4 aromatic rings. The number of aromatic nitrogens is 5. The summed E-state index contributed by atoms with van der Waals surface area (Å²) in [6.45, 7) is 2.06. The fourth-order valence-corrected chi connectivity index (χ4v) is 3.12. The van der Waals surface area contributed by atoms with Crippen LogP contribution >= 0.6 is 11.8 Å². The Kier molecular flexibility index (Phi) is 2.61. The van der Waals surface area contributed by atoms with Gasteiger partial charge in [0.1, 0.15) is 10.8 Å². The summed E-state index contributed by atoms with van der Waals surface area (Å²) >= 11 is 1.43. The summed E-state index contributed by atoms with van der Waals surface area (Å²) < 4.78 is 1.86. The number of hydrogen-bond acceptors (Lipinski definition) is 5. The van der Waals surface area contributed by atoms with Crippen molar-refractivity contribution < 1.29 is 0 Å². The van der Waals surface area contributed by atoms with Crippen molar-refractivity contribution in [1.29, 1.82) is 0 Å². The molecule has 0 aliphatic rings. The molecule has 0 atom stereocenters. The lowest BCUT2D eigenvalue weighted by Gasteiger charge is -2.02. The fraction of sp³-hybridized carbons (Fsp3) is 0.0714. The Bertz CT molecular complexity index is 955. The van der Waals surface area contributed by atoms with Crippen molar-refractivity contribution in [2.75, 3.05) is 5.73 Å². The standard InChI is InChI=1S/C14H12N6S/c1-8-2-3-9-10(6-8)18-14(17-9)21-13-12-16-4-5-20(12)7-11(15)19-13/h2-7H,15H2,1H3,(H,17,18). The zero-order valence-corrected chi connectivity index (χ0v) is 12.1. The summed E-state index contributed by atoms with van der Waals surface area (Å²) in [7, 11) is 0. The Morgan fingerprint density at radius 3 is 3.10 bits per heavy atom. The lowest BCUT2D eigenvalue weighted by molar-refractivity contribution is 1.02. The van der Waals surface area contributed by atoms with Gasteiger partial charge in [-0.15, -0.1) is 0 Å². The molecule has 0 aliphatic carbocycles. The van der Waals surface area contributed by atoms with E-state index in [1.54, 1.807) is 12.4 Å². The summed E-state index contributed by atoms with van der Waals surface area (Å²) in [5, 5.41) is 1.51. The lowest BCUT2D eigenvalue weighted by atomic mass is 10.2. The van der Waals surface area contributed by atoms with Gasteiger partial charge < -0.3 is 15.1 Å². The minimum atomic E-state index is 0.454. The highest BCUT2D eigenvalue weighted by atomic mass is 32.2. The molecule has 0 amide bonds. The monoisotopic (exact) mass is 296 g/mol. The fourth-order valence-electron chi connectivity index (χ4n) is 2.23. The molecule has 0 aliphatic heterocycles. The maximum absolute atomic E-state index is 5.83. The van der Waals surface area contributed by atoms with Gasteiger partial charge in [-0.25, -0.2) is 15.0 Å². The molecule has 0 fully saturated rings. The molecule has 104 valence electrons. The number of hydrogen-bond donors (Lipinski definition) is 2. The summed E-state index contributed by atoms with van der Waals surface area (Å²) in [5.74, 6) is 0.454. The maximum Gasteiger partial charge on any atom is 0.172 e. The second-order valence-electron chi connectivity index (χ2n) is 4.79. The van der Waals surface area contributed by atoms with Crippen LogP contribution in [0.25, 0.3) is 16.7 Å². The number of aryl methyl sites for hydroxylation is 1. The van der Waals surface area contributed by atoms with Gasteiger partial charge >= 0.3 is 0 Å². The van der Waals surface area contributed by atoms with Crippen LogP contribution in [0.2, 0.25) is 0 Å². The first-order valence-corrected chi connectivity index (χ1v) is 7.24. The van der Waals surface area contributed by atoms with E-state index in [4.69, 9.17) is 5.73 Å². The molecule has 21 heavy (non-hydrogen) atoms. The van der Waals surface area contributed by atoms with Gasteiger partial charge in [0.15, 0.2) is 10.8 Å². The van der Waals surface area contributed by atoms with Crippen LogP contribution in [0.5, 0.6) is 0 Å². The van der Waals surface area contributed by atoms with E-state index in [9.17, 15) is 0 Å². The highest BCUT2D eigenvalue weighted by Crippen LogP contribution is 2.29. The Balaban J connectivity index is 1.80. The van der Waals surface area contributed by atoms with Gasteiger partial charge in [-0.1, -0.05) is 6.07 Å². The van der Waals surface area contributed by atoms with Crippen LogP contribution in [0.4, 0.5) is 5.82 Å². The Labute approximate surface area is 124 Å². The first-order valence-electron chi connectivity index (χ1n) is 6.42. The Morgan fingerprint density at radius 1 is 1.29 bits per heavy atom. The lowest BCUT2D eigenvalue weighted by Crippen LogP contribution is -1.97. The van der Waals surface area contributed by atoms with Crippen LogP contribution in [0, 0.1) is 6.92 Å². The second kappa shape index (κ2) is 4.49. The third-order valence-corrected chi connectivity index (χ3v) is 4.02. The average Bonchev–Trinajstić information content (AvgIpc) is 3.03. The van der Waals surface area contributed by atoms with Crippen LogP contribution in [0.15, 0.2) is 47.0 Å². The molecule has 0 saturated heterocycles. The quantitative estimate of drug-likeness (QED) is 0.594.